The van der Waals surface area contributed by atoms with Crippen LogP contribution in [-0.4, -0.2) is 58.5 Å². The van der Waals surface area contributed by atoms with Crippen LogP contribution in [-0.2, 0) is 14.8 Å². The topological polar surface area (TPSA) is 82.1 Å². The molecule has 0 spiro atoms. The molecule has 0 amide bonds. The van der Waals surface area contributed by atoms with Gasteiger partial charge in [-0.1, -0.05) is 26.0 Å². The summed E-state index contributed by atoms with van der Waals surface area (Å²) in [7, 11) is -2.01. The van der Waals surface area contributed by atoms with Gasteiger partial charge in [-0.15, -0.1) is 0 Å². The molecule has 8 heteroatoms. The fourth-order valence-electron chi connectivity index (χ4n) is 3.31. The van der Waals surface area contributed by atoms with Crippen molar-refractivity contribution in [2.75, 3.05) is 40.0 Å². The molecule has 0 unspecified atom stereocenters. The van der Waals surface area contributed by atoms with E-state index in [1.807, 2.05) is 18.2 Å². The second-order valence-electron chi connectivity index (χ2n) is 8.18. The Morgan fingerprint density at radius 1 is 1.09 bits per heavy atom. The molecule has 0 bridgehead atoms. The minimum Gasteiger partial charge on any atom is -0.493 e. The summed E-state index contributed by atoms with van der Waals surface area (Å²) >= 11 is 0. The van der Waals surface area contributed by atoms with Gasteiger partial charge in [-0.3, -0.25) is 4.79 Å². The van der Waals surface area contributed by atoms with Crippen molar-refractivity contribution in [3.8, 4) is 11.5 Å². The maximum absolute atomic E-state index is 12.7. The van der Waals surface area contributed by atoms with E-state index in [2.05, 4.69) is 13.8 Å². The fraction of sp³-hybridized carbons (Fsp3) is 0.400. The number of ether oxygens (including phenoxy) is 3. The smallest absolute Gasteiger partial charge is 0.243 e. The van der Waals surface area contributed by atoms with Gasteiger partial charge < -0.3 is 14.2 Å². The van der Waals surface area contributed by atoms with Crippen LogP contribution in [0.4, 0.5) is 0 Å². The van der Waals surface area contributed by atoms with Crippen LogP contribution in [0, 0.1) is 5.92 Å². The van der Waals surface area contributed by atoms with Crippen molar-refractivity contribution in [1.29, 1.82) is 0 Å². The molecule has 0 radical (unpaired) electrons. The monoisotopic (exact) mass is 473 g/mol. The Kier molecular flexibility index (Phi) is 8.66. The van der Waals surface area contributed by atoms with E-state index in [4.69, 9.17) is 14.2 Å². The summed E-state index contributed by atoms with van der Waals surface area (Å²) in [5, 5.41) is 0. The van der Waals surface area contributed by atoms with Gasteiger partial charge in [0, 0.05) is 18.7 Å². The van der Waals surface area contributed by atoms with E-state index in [0.29, 0.717) is 55.9 Å². The number of ketones is 1. The summed E-state index contributed by atoms with van der Waals surface area (Å²) in [6.45, 7) is 6.32. The van der Waals surface area contributed by atoms with Crippen LogP contribution in [0.2, 0.25) is 0 Å². The first-order valence-corrected chi connectivity index (χ1v) is 12.5. The number of hydrogen-bond donors (Lipinski definition) is 0. The lowest BCUT2D eigenvalue weighted by atomic mass is 10.1. The molecule has 1 aliphatic rings. The first-order chi connectivity index (χ1) is 15.8. The van der Waals surface area contributed by atoms with Crippen molar-refractivity contribution in [2.24, 2.45) is 5.92 Å². The van der Waals surface area contributed by atoms with Crippen molar-refractivity contribution in [1.82, 2.24) is 4.31 Å². The Hall–Kier alpha value is -2.68. The maximum atomic E-state index is 12.7. The molecule has 7 nitrogen and oxygen atoms in total. The van der Waals surface area contributed by atoms with E-state index in [1.165, 1.54) is 34.6 Å². The highest BCUT2D eigenvalue weighted by molar-refractivity contribution is 7.89. The standard InChI is InChI=1S/C25H31NO6S/c1-19(2)12-15-32-24-11-5-20(18-25(24)30-3)4-10-23(27)21-6-8-22(9-7-21)33(28,29)26-13-16-31-17-14-26/h4-11,18-19H,12-17H2,1-3H3/b10-4+. The highest BCUT2D eigenvalue weighted by Gasteiger charge is 2.26. The summed E-state index contributed by atoms with van der Waals surface area (Å²) in [6, 6.07) is 11.5. The number of rotatable bonds is 10. The highest BCUT2D eigenvalue weighted by atomic mass is 32.2. The average Bonchev–Trinajstić information content (AvgIpc) is 2.83. The van der Waals surface area contributed by atoms with Gasteiger partial charge in [0.25, 0.3) is 0 Å². The van der Waals surface area contributed by atoms with E-state index in [1.54, 1.807) is 13.2 Å². The fourth-order valence-corrected chi connectivity index (χ4v) is 4.71. The van der Waals surface area contributed by atoms with Gasteiger partial charge in [-0.2, -0.15) is 4.31 Å². The van der Waals surface area contributed by atoms with Crippen LogP contribution in [0.3, 0.4) is 0 Å². The quantitative estimate of drug-likeness (QED) is 0.383. The number of benzene rings is 2. The van der Waals surface area contributed by atoms with Crippen molar-refractivity contribution < 1.29 is 27.4 Å². The summed E-state index contributed by atoms with van der Waals surface area (Å²) in [6.07, 6.45) is 4.10. The first kappa shape index (κ1) is 25.0. The molecule has 0 N–H and O–H groups in total. The number of carbonyl (C=O) groups excluding carboxylic acids is 1. The molecular formula is C25H31NO6S. The van der Waals surface area contributed by atoms with Gasteiger partial charge in [-0.05, 0) is 60.4 Å². The molecule has 0 saturated carbocycles. The third kappa shape index (κ3) is 6.66. The molecule has 2 aromatic carbocycles. The largest absolute Gasteiger partial charge is 0.493 e. The number of sulfonamides is 1. The molecule has 1 aliphatic heterocycles. The zero-order valence-electron chi connectivity index (χ0n) is 19.3. The normalized spacial score (nSPS) is 15.2. The lowest BCUT2D eigenvalue weighted by Crippen LogP contribution is -2.40. The highest BCUT2D eigenvalue weighted by Crippen LogP contribution is 2.29. The molecule has 0 aromatic heterocycles. The van der Waals surface area contributed by atoms with Gasteiger partial charge in [0.1, 0.15) is 0 Å². The molecule has 178 valence electrons. The van der Waals surface area contributed by atoms with E-state index < -0.39 is 10.0 Å². The summed E-state index contributed by atoms with van der Waals surface area (Å²) in [5.74, 6) is 1.60. The second kappa shape index (κ2) is 11.4. The molecule has 1 fully saturated rings. The Labute approximate surface area is 196 Å². The number of methoxy groups -OCH3 is 1. The number of hydrogen-bond acceptors (Lipinski definition) is 6. The van der Waals surface area contributed by atoms with E-state index in [0.717, 1.165) is 12.0 Å². The first-order valence-electron chi connectivity index (χ1n) is 11.0. The van der Waals surface area contributed by atoms with Gasteiger partial charge in [-0.25, -0.2) is 8.42 Å². The molecule has 0 atom stereocenters. The van der Waals surface area contributed by atoms with Gasteiger partial charge in [0.15, 0.2) is 17.3 Å². The van der Waals surface area contributed by atoms with Gasteiger partial charge in [0.2, 0.25) is 10.0 Å². The zero-order chi connectivity index (χ0) is 23.8. The number of allylic oxidation sites excluding steroid dienone is 1. The zero-order valence-corrected chi connectivity index (χ0v) is 20.1. The Morgan fingerprint density at radius 2 is 1.79 bits per heavy atom. The molecule has 1 heterocycles. The Morgan fingerprint density at radius 3 is 2.42 bits per heavy atom. The molecule has 33 heavy (non-hydrogen) atoms. The molecule has 3 rings (SSSR count). The Bertz CT molecular complexity index is 1070. The van der Waals surface area contributed by atoms with Gasteiger partial charge >= 0.3 is 0 Å². The second-order valence-corrected chi connectivity index (χ2v) is 10.1. The molecule has 0 aliphatic carbocycles. The SMILES string of the molecule is COc1cc(/C=C/C(=O)c2ccc(S(=O)(=O)N3CCOCC3)cc2)ccc1OCCC(C)C. The van der Waals surface area contributed by atoms with Crippen molar-refractivity contribution in [2.45, 2.75) is 25.2 Å². The third-order valence-electron chi connectivity index (χ3n) is 5.31. The lowest BCUT2D eigenvalue weighted by molar-refractivity contribution is 0.0730. The van der Waals surface area contributed by atoms with Crippen molar-refractivity contribution >= 4 is 21.9 Å². The summed E-state index contributed by atoms with van der Waals surface area (Å²) in [4.78, 5) is 12.8. The summed E-state index contributed by atoms with van der Waals surface area (Å²) in [5.41, 5.74) is 1.20. The van der Waals surface area contributed by atoms with Gasteiger partial charge in [0.05, 0.1) is 31.8 Å². The van der Waals surface area contributed by atoms with Crippen molar-refractivity contribution in [3.63, 3.8) is 0 Å². The molecule has 1 saturated heterocycles. The van der Waals surface area contributed by atoms with Crippen LogP contribution in [0.25, 0.3) is 6.08 Å². The number of morpholine rings is 1. The van der Waals surface area contributed by atoms with E-state index in [9.17, 15) is 13.2 Å². The Balaban J connectivity index is 1.66. The van der Waals surface area contributed by atoms with E-state index in [-0.39, 0.29) is 10.7 Å². The number of nitrogens with zero attached hydrogens (tertiary/aromatic N) is 1. The molecule has 2 aromatic rings. The average molecular weight is 474 g/mol. The minimum absolute atomic E-state index is 0.169. The van der Waals surface area contributed by atoms with E-state index >= 15 is 0 Å². The van der Waals surface area contributed by atoms with Crippen LogP contribution in [0.1, 0.15) is 36.2 Å². The number of carbonyl (C=O) groups is 1. The molecular weight excluding hydrogens is 442 g/mol. The van der Waals surface area contributed by atoms with Crippen LogP contribution in [0.5, 0.6) is 11.5 Å². The predicted octanol–water partition coefficient (Wildman–Crippen LogP) is 4.04. The van der Waals surface area contributed by atoms with Crippen LogP contribution >= 0.6 is 0 Å². The third-order valence-corrected chi connectivity index (χ3v) is 7.23. The van der Waals surface area contributed by atoms with Crippen LogP contribution in [0.15, 0.2) is 53.4 Å². The summed E-state index contributed by atoms with van der Waals surface area (Å²) < 4.78 is 43.3. The van der Waals surface area contributed by atoms with Crippen molar-refractivity contribution in [3.05, 3.63) is 59.7 Å². The maximum Gasteiger partial charge on any atom is 0.243 e. The minimum atomic E-state index is -3.59. The van der Waals surface area contributed by atoms with Crippen LogP contribution < -0.4 is 9.47 Å². The predicted molar refractivity (Wildman–Crippen MR) is 127 cm³/mol. The lowest BCUT2D eigenvalue weighted by Gasteiger charge is -2.26.